The first-order valence-electron chi connectivity index (χ1n) is 8.53. The number of anilines is 1. The van der Waals surface area contributed by atoms with E-state index >= 15 is 0 Å². The Morgan fingerprint density at radius 1 is 1.40 bits per heavy atom. The van der Waals surface area contributed by atoms with Crippen LogP contribution in [0, 0.1) is 12.8 Å². The zero-order valence-corrected chi connectivity index (χ0v) is 16.0. The molecule has 2 unspecified atom stereocenters. The van der Waals surface area contributed by atoms with Gasteiger partial charge in [0.15, 0.2) is 0 Å². The lowest BCUT2D eigenvalue weighted by Gasteiger charge is -2.36. The predicted octanol–water partition coefficient (Wildman–Crippen LogP) is 3.20. The second-order valence-electron chi connectivity index (χ2n) is 6.95. The van der Waals surface area contributed by atoms with Gasteiger partial charge in [-0.25, -0.2) is 4.79 Å². The van der Waals surface area contributed by atoms with Crippen molar-refractivity contribution in [3.63, 3.8) is 0 Å². The summed E-state index contributed by atoms with van der Waals surface area (Å²) in [7, 11) is 0. The first-order valence-corrected chi connectivity index (χ1v) is 9.33. The maximum Gasteiger partial charge on any atom is 0.325 e. The predicted molar refractivity (Wildman–Crippen MR) is 98.1 cm³/mol. The Hall–Kier alpha value is -1.89. The Morgan fingerprint density at radius 2 is 2.16 bits per heavy atom. The Morgan fingerprint density at radius 3 is 2.84 bits per heavy atom. The number of nitrogens with zero attached hydrogens (tertiary/aromatic N) is 1. The normalized spacial score (nSPS) is 26.0. The van der Waals surface area contributed by atoms with Crippen LogP contribution >= 0.6 is 15.9 Å². The minimum absolute atomic E-state index is 0.0832. The number of carbonyl (C=O) groups excluding carboxylic acids is 3. The van der Waals surface area contributed by atoms with Gasteiger partial charge in [0.1, 0.15) is 12.1 Å². The number of benzene rings is 1. The summed E-state index contributed by atoms with van der Waals surface area (Å²) in [5, 5.41) is 5.60. The van der Waals surface area contributed by atoms with Crippen molar-refractivity contribution in [2.75, 3.05) is 11.9 Å². The molecule has 1 spiro atoms. The van der Waals surface area contributed by atoms with Crippen molar-refractivity contribution in [3.05, 3.63) is 28.2 Å². The van der Waals surface area contributed by atoms with E-state index in [1.165, 1.54) is 0 Å². The Kier molecular flexibility index (Phi) is 4.86. The van der Waals surface area contributed by atoms with Crippen LogP contribution in [-0.4, -0.2) is 34.8 Å². The molecule has 6 nitrogen and oxygen atoms in total. The van der Waals surface area contributed by atoms with E-state index in [1.54, 1.807) is 6.07 Å². The Balaban J connectivity index is 1.69. The molecule has 1 aliphatic carbocycles. The summed E-state index contributed by atoms with van der Waals surface area (Å²) >= 11 is 3.41. The molecule has 2 aliphatic rings. The summed E-state index contributed by atoms with van der Waals surface area (Å²) in [5.74, 6) is -0.572. The van der Waals surface area contributed by atoms with Crippen LogP contribution in [0.5, 0.6) is 0 Å². The molecule has 1 aromatic carbocycles. The van der Waals surface area contributed by atoms with Gasteiger partial charge in [-0.05, 0) is 49.4 Å². The molecule has 134 valence electrons. The van der Waals surface area contributed by atoms with Gasteiger partial charge in [-0.2, -0.15) is 0 Å². The Labute approximate surface area is 155 Å². The molecule has 3 rings (SSSR count). The van der Waals surface area contributed by atoms with Crippen molar-refractivity contribution in [2.45, 2.75) is 45.1 Å². The van der Waals surface area contributed by atoms with Crippen molar-refractivity contribution in [1.82, 2.24) is 10.2 Å². The van der Waals surface area contributed by atoms with E-state index in [9.17, 15) is 14.4 Å². The van der Waals surface area contributed by atoms with Crippen molar-refractivity contribution in [1.29, 1.82) is 0 Å². The number of hydrogen-bond acceptors (Lipinski definition) is 3. The van der Waals surface area contributed by atoms with Gasteiger partial charge in [0, 0.05) is 10.2 Å². The number of imide groups is 1. The van der Waals surface area contributed by atoms with E-state index < -0.39 is 11.6 Å². The third-order valence-electron chi connectivity index (χ3n) is 5.24. The number of hydrogen-bond donors (Lipinski definition) is 2. The molecule has 7 heteroatoms. The van der Waals surface area contributed by atoms with Crippen molar-refractivity contribution in [2.24, 2.45) is 5.92 Å². The molecule has 1 saturated carbocycles. The number of rotatable bonds is 3. The summed E-state index contributed by atoms with van der Waals surface area (Å²) < 4.78 is 0.952. The summed E-state index contributed by atoms with van der Waals surface area (Å²) in [4.78, 5) is 38.5. The van der Waals surface area contributed by atoms with Gasteiger partial charge < -0.3 is 10.6 Å². The molecule has 1 aliphatic heterocycles. The minimum Gasteiger partial charge on any atom is -0.325 e. The highest BCUT2D eigenvalue weighted by Crippen LogP contribution is 2.38. The number of urea groups is 1. The number of halogens is 1. The third kappa shape index (κ3) is 3.29. The van der Waals surface area contributed by atoms with E-state index in [2.05, 4.69) is 26.6 Å². The SMILES string of the molecule is Cc1cc(NC(=O)CN2C(=O)NC3(CCCCC3C)C2=O)ccc1Br. The fraction of sp³-hybridized carbons (Fsp3) is 0.500. The number of aryl methyl sites for hydroxylation is 1. The minimum atomic E-state index is -0.830. The molecule has 2 fully saturated rings. The summed E-state index contributed by atoms with van der Waals surface area (Å²) in [5.41, 5.74) is 0.797. The molecule has 1 aromatic rings. The first-order chi connectivity index (χ1) is 11.8. The fourth-order valence-corrected chi connectivity index (χ4v) is 3.95. The van der Waals surface area contributed by atoms with Gasteiger partial charge in [0.25, 0.3) is 5.91 Å². The van der Waals surface area contributed by atoms with Crippen LogP contribution in [0.25, 0.3) is 0 Å². The second kappa shape index (κ2) is 6.78. The number of carbonyl (C=O) groups is 3. The first kappa shape index (κ1) is 17.9. The molecule has 25 heavy (non-hydrogen) atoms. The highest BCUT2D eigenvalue weighted by molar-refractivity contribution is 9.10. The van der Waals surface area contributed by atoms with Gasteiger partial charge in [-0.1, -0.05) is 35.7 Å². The molecule has 0 bridgehead atoms. The Bertz CT molecular complexity index is 736. The third-order valence-corrected chi connectivity index (χ3v) is 6.13. The van der Waals surface area contributed by atoms with Crippen LogP contribution in [0.4, 0.5) is 10.5 Å². The van der Waals surface area contributed by atoms with Gasteiger partial charge in [0.05, 0.1) is 0 Å². The topological polar surface area (TPSA) is 78.5 Å². The fourth-order valence-electron chi connectivity index (χ4n) is 3.71. The van der Waals surface area contributed by atoms with Gasteiger partial charge in [0.2, 0.25) is 5.91 Å². The molecule has 0 aromatic heterocycles. The van der Waals surface area contributed by atoms with E-state index in [-0.39, 0.29) is 24.3 Å². The molecular formula is C18H22BrN3O3. The molecular weight excluding hydrogens is 386 g/mol. The van der Waals surface area contributed by atoms with Gasteiger partial charge in [-0.15, -0.1) is 0 Å². The largest absolute Gasteiger partial charge is 0.325 e. The maximum absolute atomic E-state index is 12.8. The lowest BCUT2D eigenvalue weighted by atomic mass is 9.73. The van der Waals surface area contributed by atoms with E-state index in [4.69, 9.17) is 0 Å². The second-order valence-corrected chi connectivity index (χ2v) is 7.81. The summed E-state index contributed by atoms with van der Waals surface area (Å²) in [6, 6.07) is 4.97. The van der Waals surface area contributed by atoms with Crippen LogP contribution in [0.1, 0.15) is 38.2 Å². The van der Waals surface area contributed by atoms with E-state index in [0.29, 0.717) is 12.1 Å². The van der Waals surface area contributed by atoms with Crippen molar-refractivity contribution in [3.8, 4) is 0 Å². The highest BCUT2D eigenvalue weighted by Gasteiger charge is 2.55. The number of amides is 4. The van der Waals surface area contributed by atoms with Crippen LogP contribution in [0.3, 0.4) is 0 Å². The van der Waals surface area contributed by atoms with Gasteiger partial charge >= 0.3 is 6.03 Å². The van der Waals surface area contributed by atoms with Crippen LogP contribution in [0.15, 0.2) is 22.7 Å². The molecule has 2 N–H and O–H groups in total. The standard InChI is InChI=1S/C18H22BrN3O3/c1-11-9-13(6-7-14(11)19)20-15(23)10-22-16(24)18(21-17(22)25)8-4-3-5-12(18)2/h6-7,9,12H,3-5,8,10H2,1-2H3,(H,20,23)(H,21,25). The average Bonchev–Trinajstić information content (AvgIpc) is 2.79. The average molecular weight is 408 g/mol. The van der Waals surface area contributed by atoms with Crippen LogP contribution < -0.4 is 10.6 Å². The monoisotopic (exact) mass is 407 g/mol. The van der Waals surface area contributed by atoms with Gasteiger partial charge in [-0.3, -0.25) is 14.5 Å². The van der Waals surface area contributed by atoms with Crippen molar-refractivity contribution >= 4 is 39.5 Å². The molecule has 1 heterocycles. The lowest BCUT2D eigenvalue weighted by Crippen LogP contribution is -2.54. The molecule has 1 saturated heterocycles. The smallest absolute Gasteiger partial charge is 0.325 e. The van der Waals surface area contributed by atoms with E-state index in [0.717, 1.165) is 34.2 Å². The number of nitrogens with one attached hydrogen (secondary N) is 2. The molecule has 2 atom stereocenters. The molecule has 4 amide bonds. The lowest BCUT2D eigenvalue weighted by molar-refractivity contribution is -0.136. The van der Waals surface area contributed by atoms with E-state index in [1.807, 2.05) is 26.0 Å². The zero-order chi connectivity index (χ0) is 18.2. The van der Waals surface area contributed by atoms with Crippen LogP contribution in [0.2, 0.25) is 0 Å². The van der Waals surface area contributed by atoms with Crippen molar-refractivity contribution < 1.29 is 14.4 Å². The quantitative estimate of drug-likeness (QED) is 0.755. The molecule has 0 radical (unpaired) electrons. The maximum atomic E-state index is 12.8. The highest BCUT2D eigenvalue weighted by atomic mass is 79.9. The zero-order valence-electron chi connectivity index (χ0n) is 14.4. The van der Waals surface area contributed by atoms with Crippen LogP contribution in [-0.2, 0) is 9.59 Å². The summed E-state index contributed by atoms with van der Waals surface area (Å²) in [6.45, 7) is 3.64. The summed E-state index contributed by atoms with van der Waals surface area (Å²) in [6.07, 6.45) is 3.52.